The summed E-state index contributed by atoms with van der Waals surface area (Å²) in [5.41, 5.74) is 9.70. The van der Waals surface area contributed by atoms with E-state index in [0.717, 1.165) is 31.6 Å². The van der Waals surface area contributed by atoms with Gasteiger partial charge in [0.25, 0.3) is 0 Å². The Kier molecular flexibility index (Phi) is 5.21. The minimum Gasteiger partial charge on any atom is -0.496 e. The fourth-order valence-electron chi connectivity index (χ4n) is 2.21. The highest BCUT2D eigenvalue weighted by molar-refractivity contribution is 5.45. The van der Waals surface area contributed by atoms with E-state index in [4.69, 9.17) is 10.5 Å². The van der Waals surface area contributed by atoms with Crippen LogP contribution in [0.2, 0.25) is 0 Å². The molecule has 0 radical (unpaired) electrons. The third kappa shape index (κ3) is 3.74. The van der Waals surface area contributed by atoms with Gasteiger partial charge >= 0.3 is 0 Å². The van der Waals surface area contributed by atoms with Gasteiger partial charge in [0.2, 0.25) is 0 Å². The lowest BCUT2D eigenvalue weighted by Crippen LogP contribution is -2.14. The molecule has 0 saturated heterocycles. The van der Waals surface area contributed by atoms with Gasteiger partial charge < -0.3 is 10.5 Å². The number of hydrogen-bond acceptors (Lipinski definition) is 2. The molecule has 18 heavy (non-hydrogen) atoms. The van der Waals surface area contributed by atoms with Crippen LogP contribution in [-0.2, 0) is 11.8 Å². The van der Waals surface area contributed by atoms with E-state index in [1.807, 2.05) is 0 Å². The number of rotatable bonds is 5. The molecule has 0 aliphatic rings. The Morgan fingerprint density at radius 3 is 2.33 bits per heavy atom. The van der Waals surface area contributed by atoms with Crippen LogP contribution < -0.4 is 10.5 Å². The maximum atomic E-state index is 5.56. The third-order valence-electron chi connectivity index (χ3n) is 3.37. The SMILES string of the molecule is COc1cc(C)c(CCCCN)cc1C(C)(C)C. The summed E-state index contributed by atoms with van der Waals surface area (Å²) in [6, 6.07) is 4.48. The topological polar surface area (TPSA) is 35.2 Å². The number of methoxy groups -OCH3 is 1. The fourth-order valence-corrected chi connectivity index (χ4v) is 2.21. The van der Waals surface area contributed by atoms with Crippen molar-refractivity contribution in [2.24, 2.45) is 5.73 Å². The molecule has 0 saturated carbocycles. The molecule has 2 N–H and O–H groups in total. The summed E-state index contributed by atoms with van der Waals surface area (Å²) in [5.74, 6) is 1.00. The zero-order valence-corrected chi connectivity index (χ0v) is 12.5. The molecular formula is C16H27NO. The van der Waals surface area contributed by atoms with Gasteiger partial charge in [-0.15, -0.1) is 0 Å². The molecule has 1 aromatic carbocycles. The second-order valence-electron chi connectivity index (χ2n) is 5.97. The first kappa shape index (κ1) is 15.0. The molecule has 2 heteroatoms. The summed E-state index contributed by atoms with van der Waals surface area (Å²) >= 11 is 0. The predicted octanol–water partition coefficient (Wildman–Crippen LogP) is 3.58. The Morgan fingerprint density at radius 2 is 1.83 bits per heavy atom. The van der Waals surface area contributed by atoms with Gasteiger partial charge in [-0.2, -0.15) is 0 Å². The van der Waals surface area contributed by atoms with Gasteiger partial charge in [0.15, 0.2) is 0 Å². The van der Waals surface area contributed by atoms with Crippen LogP contribution in [0.5, 0.6) is 5.75 Å². The molecule has 0 aliphatic carbocycles. The standard InChI is InChI=1S/C16H27NO/c1-12-10-15(18-5)14(16(2,3)4)11-13(12)8-6-7-9-17/h10-11H,6-9,17H2,1-5H3. The van der Waals surface area contributed by atoms with Crippen LogP contribution in [-0.4, -0.2) is 13.7 Å². The number of ether oxygens (including phenoxy) is 1. The van der Waals surface area contributed by atoms with E-state index in [-0.39, 0.29) is 5.41 Å². The van der Waals surface area contributed by atoms with Crippen molar-refractivity contribution >= 4 is 0 Å². The lowest BCUT2D eigenvalue weighted by molar-refractivity contribution is 0.397. The van der Waals surface area contributed by atoms with Gasteiger partial charge in [0.1, 0.15) is 5.75 Å². The van der Waals surface area contributed by atoms with E-state index in [9.17, 15) is 0 Å². The summed E-state index contributed by atoms with van der Waals surface area (Å²) in [4.78, 5) is 0. The zero-order valence-electron chi connectivity index (χ0n) is 12.5. The van der Waals surface area contributed by atoms with E-state index in [1.54, 1.807) is 7.11 Å². The first-order chi connectivity index (χ1) is 8.40. The summed E-state index contributed by atoms with van der Waals surface area (Å²) in [6.45, 7) is 9.62. The average molecular weight is 249 g/mol. The Morgan fingerprint density at radius 1 is 1.17 bits per heavy atom. The van der Waals surface area contributed by atoms with Crippen molar-refractivity contribution in [3.8, 4) is 5.75 Å². The molecule has 102 valence electrons. The fraction of sp³-hybridized carbons (Fsp3) is 0.625. The van der Waals surface area contributed by atoms with Gasteiger partial charge in [-0.1, -0.05) is 26.8 Å². The first-order valence-electron chi connectivity index (χ1n) is 6.78. The minimum absolute atomic E-state index is 0.113. The predicted molar refractivity (Wildman–Crippen MR) is 78.4 cm³/mol. The molecule has 0 atom stereocenters. The van der Waals surface area contributed by atoms with E-state index in [2.05, 4.69) is 39.8 Å². The summed E-state index contributed by atoms with van der Waals surface area (Å²) in [7, 11) is 1.75. The van der Waals surface area contributed by atoms with Crippen LogP contribution in [0.4, 0.5) is 0 Å². The second-order valence-corrected chi connectivity index (χ2v) is 5.97. The highest BCUT2D eigenvalue weighted by atomic mass is 16.5. The van der Waals surface area contributed by atoms with Gasteiger partial charge in [0, 0.05) is 0 Å². The normalized spacial score (nSPS) is 11.7. The summed E-state index contributed by atoms with van der Waals surface area (Å²) < 4.78 is 5.51. The van der Waals surface area contributed by atoms with E-state index >= 15 is 0 Å². The molecule has 1 aromatic rings. The van der Waals surface area contributed by atoms with Gasteiger partial charge in [-0.05, 0) is 60.9 Å². The Labute approximate surface area is 112 Å². The number of hydrogen-bond donors (Lipinski definition) is 1. The highest BCUT2D eigenvalue weighted by Crippen LogP contribution is 2.34. The minimum atomic E-state index is 0.113. The van der Waals surface area contributed by atoms with Crippen molar-refractivity contribution in [1.29, 1.82) is 0 Å². The van der Waals surface area contributed by atoms with Crippen molar-refractivity contribution in [3.63, 3.8) is 0 Å². The smallest absolute Gasteiger partial charge is 0.122 e. The van der Waals surface area contributed by atoms with Crippen LogP contribution in [0.25, 0.3) is 0 Å². The molecule has 0 spiro atoms. The van der Waals surface area contributed by atoms with E-state index in [1.165, 1.54) is 16.7 Å². The van der Waals surface area contributed by atoms with Gasteiger partial charge in [-0.3, -0.25) is 0 Å². The maximum Gasteiger partial charge on any atom is 0.122 e. The van der Waals surface area contributed by atoms with Crippen LogP contribution in [0.3, 0.4) is 0 Å². The van der Waals surface area contributed by atoms with Crippen LogP contribution >= 0.6 is 0 Å². The van der Waals surface area contributed by atoms with Crippen LogP contribution in [0, 0.1) is 6.92 Å². The molecule has 0 fully saturated rings. The molecule has 0 aliphatic heterocycles. The number of nitrogens with two attached hydrogens (primary N) is 1. The molecular weight excluding hydrogens is 222 g/mol. The quantitative estimate of drug-likeness (QED) is 0.809. The monoisotopic (exact) mass is 249 g/mol. The average Bonchev–Trinajstić information content (AvgIpc) is 2.29. The highest BCUT2D eigenvalue weighted by Gasteiger charge is 2.20. The Balaban J connectivity index is 3.06. The Hall–Kier alpha value is -1.02. The molecule has 0 amide bonds. The zero-order chi connectivity index (χ0) is 13.8. The molecule has 0 aromatic heterocycles. The lowest BCUT2D eigenvalue weighted by Gasteiger charge is -2.24. The number of unbranched alkanes of at least 4 members (excludes halogenated alkanes) is 1. The molecule has 0 bridgehead atoms. The van der Waals surface area contributed by atoms with Crippen LogP contribution in [0.1, 0.15) is 50.3 Å². The van der Waals surface area contributed by atoms with Crippen molar-refractivity contribution < 1.29 is 4.74 Å². The summed E-state index contributed by atoms with van der Waals surface area (Å²) in [5, 5.41) is 0. The number of aryl methyl sites for hydroxylation is 2. The lowest BCUT2D eigenvalue weighted by atomic mass is 9.83. The van der Waals surface area contributed by atoms with Crippen molar-refractivity contribution in [2.75, 3.05) is 13.7 Å². The van der Waals surface area contributed by atoms with Crippen LogP contribution in [0.15, 0.2) is 12.1 Å². The summed E-state index contributed by atoms with van der Waals surface area (Å²) in [6.07, 6.45) is 3.36. The number of benzene rings is 1. The van der Waals surface area contributed by atoms with E-state index < -0.39 is 0 Å². The maximum absolute atomic E-state index is 5.56. The van der Waals surface area contributed by atoms with Crippen molar-refractivity contribution in [1.82, 2.24) is 0 Å². The second kappa shape index (κ2) is 6.24. The Bertz CT molecular complexity index is 391. The van der Waals surface area contributed by atoms with E-state index in [0.29, 0.717) is 0 Å². The van der Waals surface area contributed by atoms with Crippen molar-refractivity contribution in [3.05, 3.63) is 28.8 Å². The first-order valence-corrected chi connectivity index (χ1v) is 6.78. The molecule has 2 nitrogen and oxygen atoms in total. The van der Waals surface area contributed by atoms with Gasteiger partial charge in [-0.25, -0.2) is 0 Å². The van der Waals surface area contributed by atoms with Crippen molar-refractivity contribution in [2.45, 2.75) is 52.4 Å². The molecule has 1 rings (SSSR count). The third-order valence-corrected chi connectivity index (χ3v) is 3.37. The van der Waals surface area contributed by atoms with Gasteiger partial charge in [0.05, 0.1) is 7.11 Å². The molecule has 0 unspecified atom stereocenters. The largest absolute Gasteiger partial charge is 0.496 e. The molecule has 0 heterocycles.